The first-order valence-corrected chi connectivity index (χ1v) is 12.7. The summed E-state index contributed by atoms with van der Waals surface area (Å²) in [4.78, 5) is 43.1. The number of anilines is 2. The fourth-order valence-electron chi connectivity index (χ4n) is 2.89. The third-order valence-electron chi connectivity index (χ3n) is 5.20. The number of ether oxygens (including phenoxy) is 2. The Balaban J connectivity index is 0.000000821. The molecular weight excluding hydrogens is 602 g/mol. The predicted octanol–water partition coefficient (Wildman–Crippen LogP) is 4.98. The quantitative estimate of drug-likeness (QED) is 0.214. The largest absolute Gasteiger partial charge is 0.492 e. The lowest BCUT2D eigenvalue weighted by Crippen LogP contribution is -2.30. The maximum absolute atomic E-state index is 13.2. The number of nitrogens with zero attached hydrogens (tertiary/aromatic N) is 2. The topological polar surface area (TPSA) is 166 Å². The highest BCUT2D eigenvalue weighted by Crippen LogP contribution is 2.28. The molecule has 3 aromatic rings. The van der Waals surface area contributed by atoms with Crippen molar-refractivity contribution in [2.24, 2.45) is 11.1 Å². The lowest BCUT2D eigenvalue weighted by atomic mass is 9.95. The van der Waals surface area contributed by atoms with Gasteiger partial charge in [-0.3, -0.25) is 9.59 Å². The molecule has 0 bridgehead atoms. The maximum atomic E-state index is 13.2. The number of carbonyl (C=O) groups excluding carboxylic acids is 2. The van der Waals surface area contributed by atoms with Gasteiger partial charge in [0, 0.05) is 30.4 Å². The molecule has 0 atom stereocenters. The number of rotatable bonds is 11. The van der Waals surface area contributed by atoms with E-state index >= 15 is 0 Å². The zero-order chi connectivity index (χ0) is 32.2. The standard InChI is InChI=1S/C25H27ClFN5O4.C2HF3O2/c1-25(2,14-28)15-36-20-12-17(35-11-9-27)6-7-18(20)23(33)31-19-4-3-10-29-22(19)24(34)32-21-8-5-16(26)13-30-21;3-2(4,5)1(6)7/h3-8,10,12-13H,9,11,14-15,28H2,1-2H3,(H,31,33)(H,30,32,34);(H,6,7). The number of aromatic nitrogens is 2. The highest BCUT2D eigenvalue weighted by atomic mass is 35.5. The van der Waals surface area contributed by atoms with E-state index in [1.54, 1.807) is 24.3 Å². The molecule has 16 heteroatoms. The summed E-state index contributed by atoms with van der Waals surface area (Å²) in [6.07, 6.45) is -2.26. The zero-order valence-corrected chi connectivity index (χ0v) is 23.6. The molecule has 0 radical (unpaired) electrons. The number of amides is 2. The van der Waals surface area contributed by atoms with E-state index in [2.05, 4.69) is 20.6 Å². The van der Waals surface area contributed by atoms with Crippen LogP contribution >= 0.6 is 11.6 Å². The molecular formula is C27H28ClF4N5O6. The fraction of sp³-hybridized carbons (Fsp3) is 0.296. The molecule has 1 aromatic carbocycles. The van der Waals surface area contributed by atoms with Crippen molar-refractivity contribution in [2.45, 2.75) is 20.0 Å². The molecule has 0 fully saturated rings. The van der Waals surface area contributed by atoms with E-state index in [1.807, 2.05) is 13.8 Å². The normalized spacial score (nSPS) is 11.1. The zero-order valence-electron chi connectivity index (χ0n) is 22.9. The number of hydrogen-bond donors (Lipinski definition) is 4. The third kappa shape index (κ3) is 11.4. The van der Waals surface area contributed by atoms with Crippen molar-refractivity contribution in [3.8, 4) is 11.5 Å². The first kappa shape index (κ1) is 34.7. The van der Waals surface area contributed by atoms with Crippen LogP contribution in [0, 0.1) is 5.41 Å². The van der Waals surface area contributed by atoms with Gasteiger partial charge in [0.15, 0.2) is 5.69 Å². The van der Waals surface area contributed by atoms with Crippen LogP contribution in [0.25, 0.3) is 0 Å². The summed E-state index contributed by atoms with van der Waals surface area (Å²) in [5, 5.41) is 12.9. The summed E-state index contributed by atoms with van der Waals surface area (Å²) < 4.78 is 55.5. The molecule has 5 N–H and O–H groups in total. The Morgan fingerprint density at radius 3 is 2.30 bits per heavy atom. The molecule has 2 aromatic heterocycles. The Kier molecular flexibility index (Phi) is 12.6. The average molecular weight is 630 g/mol. The Hall–Kier alpha value is -4.50. The van der Waals surface area contributed by atoms with E-state index in [9.17, 15) is 27.2 Å². The van der Waals surface area contributed by atoms with Crippen LogP contribution in [0.1, 0.15) is 34.7 Å². The number of carboxylic acid groups (broad SMARTS) is 1. The van der Waals surface area contributed by atoms with Gasteiger partial charge in [-0.1, -0.05) is 25.4 Å². The number of carbonyl (C=O) groups is 3. The number of hydrogen-bond acceptors (Lipinski definition) is 8. The fourth-order valence-corrected chi connectivity index (χ4v) is 3.00. The van der Waals surface area contributed by atoms with Crippen molar-refractivity contribution in [1.82, 2.24) is 9.97 Å². The average Bonchev–Trinajstić information content (AvgIpc) is 2.96. The highest BCUT2D eigenvalue weighted by Gasteiger charge is 2.38. The highest BCUT2D eigenvalue weighted by molar-refractivity contribution is 6.30. The molecule has 11 nitrogen and oxygen atoms in total. The molecule has 0 saturated carbocycles. The van der Waals surface area contributed by atoms with Crippen LogP contribution in [0.2, 0.25) is 5.02 Å². The Bertz CT molecular complexity index is 1410. The summed E-state index contributed by atoms with van der Waals surface area (Å²) in [5.41, 5.74) is 5.79. The summed E-state index contributed by atoms with van der Waals surface area (Å²) >= 11 is 5.83. The minimum Gasteiger partial charge on any atom is -0.492 e. The van der Waals surface area contributed by atoms with Crippen molar-refractivity contribution >= 4 is 40.9 Å². The van der Waals surface area contributed by atoms with E-state index in [0.29, 0.717) is 17.3 Å². The number of halogens is 5. The summed E-state index contributed by atoms with van der Waals surface area (Å²) in [5.74, 6) is -3.02. The van der Waals surface area contributed by atoms with Crippen molar-refractivity contribution < 1.29 is 46.5 Å². The number of aliphatic carboxylic acids is 1. The van der Waals surface area contributed by atoms with Gasteiger partial charge in [0.1, 0.15) is 30.6 Å². The SMILES string of the molecule is CC(C)(CN)COc1cc(OCCF)ccc1C(=O)Nc1cccnc1C(=O)Nc1ccc(Cl)cn1.O=C(O)C(F)(F)F. The minimum absolute atomic E-state index is 0.0165. The first-order valence-electron chi connectivity index (χ1n) is 12.3. The summed E-state index contributed by atoms with van der Waals surface area (Å²) in [7, 11) is 0. The Labute approximate surface area is 248 Å². The number of nitrogens with two attached hydrogens (primary N) is 1. The Morgan fingerprint density at radius 1 is 1.02 bits per heavy atom. The van der Waals surface area contributed by atoms with Gasteiger partial charge >= 0.3 is 12.1 Å². The smallest absolute Gasteiger partial charge is 0.490 e. The van der Waals surface area contributed by atoms with Crippen molar-refractivity contribution in [2.75, 3.05) is 37.1 Å². The molecule has 0 aliphatic heterocycles. The van der Waals surface area contributed by atoms with E-state index < -0.39 is 30.6 Å². The second-order valence-electron chi connectivity index (χ2n) is 9.32. The monoisotopic (exact) mass is 629 g/mol. The van der Waals surface area contributed by atoms with E-state index in [-0.39, 0.29) is 47.1 Å². The maximum Gasteiger partial charge on any atom is 0.490 e. The van der Waals surface area contributed by atoms with E-state index in [1.165, 1.54) is 30.6 Å². The third-order valence-corrected chi connectivity index (χ3v) is 5.42. The van der Waals surface area contributed by atoms with Crippen molar-refractivity contribution in [1.29, 1.82) is 0 Å². The van der Waals surface area contributed by atoms with Crippen LogP contribution in [0.5, 0.6) is 11.5 Å². The number of carboxylic acids is 1. The van der Waals surface area contributed by atoms with Crippen LogP contribution in [0.3, 0.4) is 0 Å². The van der Waals surface area contributed by atoms with Gasteiger partial charge in [-0.2, -0.15) is 13.2 Å². The lowest BCUT2D eigenvalue weighted by molar-refractivity contribution is -0.192. The van der Waals surface area contributed by atoms with E-state index in [4.69, 9.17) is 36.7 Å². The van der Waals surface area contributed by atoms with Gasteiger partial charge in [-0.15, -0.1) is 0 Å². The molecule has 0 spiro atoms. The van der Waals surface area contributed by atoms with E-state index in [0.717, 1.165) is 0 Å². The number of nitrogens with one attached hydrogen (secondary N) is 2. The molecule has 3 rings (SSSR count). The van der Waals surface area contributed by atoms with Crippen LogP contribution in [-0.4, -0.2) is 65.5 Å². The molecule has 0 saturated heterocycles. The number of benzene rings is 1. The van der Waals surface area contributed by atoms with Crippen LogP contribution in [0.4, 0.5) is 29.1 Å². The molecule has 43 heavy (non-hydrogen) atoms. The second-order valence-corrected chi connectivity index (χ2v) is 9.76. The van der Waals surface area contributed by atoms with Crippen LogP contribution in [-0.2, 0) is 4.79 Å². The molecule has 2 heterocycles. The molecule has 0 aliphatic carbocycles. The predicted molar refractivity (Wildman–Crippen MR) is 149 cm³/mol. The second kappa shape index (κ2) is 15.7. The van der Waals surface area contributed by atoms with Gasteiger partial charge in [0.05, 0.1) is 22.9 Å². The van der Waals surface area contributed by atoms with Gasteiger partial charge in [0.2, 0.25) is 0 Å². The van der Waals surface area contributed by atoms with Gasteiger partial charge in [-0.05, 0) is 36.4 Å². The number of pyridine rings is 2. The molecule has 2 amide bonds. The van der Waals surface area contributed by atoms with Gasteiger partial charge in [-0.25, -0.2) is 19.2 Å². The summed E-state index contributed by atoms with van der Waals surface area (Å²) in [6.45, 7) is 3.65. The van der Waals surface area contributed by atoms with Crippen molar-refractivity contribution in [3.63, 3.8) is 0 Å². The molecule has 0 aliphatic rings. The molecule has 232 valence electrons. The van der Waals surface area contributed by atoms with Crippen LogP contribution < -0.4 is 25.8 Å². The first-order chi connectivity index (χ1) is 20.2. The molecule has 0 unspecified atom stereocenters. The minimum atomic E-state index is -5.08. The number of alkyl halides is 4. The van der Waals surface area contributed by atoms with Gasteiger partial charge < -0.3 is 30.9 Å². The Morgan fingerprint density at radius 2 is 1.72 bits per heavy atom. The summed E-state index contributed by atoms with van der Waals surface area (Å²) in [6, 6.07) is 10.8. The van der Waals surface area contributed by atoms with Crippen LogP contribution in [0.15, 0.2) is 54.9 Å². The van der Waals surface area contributed by atoms with Gasteiger partial charge in [0.25, 0.3) is 11.8 Å². The lowest BCUT2D eigenvalue weighted by Gasteiger charge is -2.23. The van der Waals surface area contributed by atoms with Crippen molar-refractivity contribution in [3.05, 3.63) is 71.1 Å².